The first-order valence-electron chi connectivity index (χ1n) is 19.6. The quantitative estimate of drug-likeness (QED) is 0.124. The van der Waals surface area contributed by atoms with Gasteiger partial charge in [0, 0.05) is 21.9 Å². The highest BCUT2D eigenvalue weighted by Gasteiger charge is 2.42. The molecule has 0 unspecified atom stereocenters. The van der Waals surface area contributed by atoms with E-state index in [2.05, 4.69) is 0 Å². The van der Waals surface area contributed by atoms with Crippen LogP contribution in [0.3, 0.4) is 0 Å². The second-order valence-corrected chi connectivity index (χ2v) is 15.0. The predicted octanol–water partition coefficient (Wildman–Crippen LogP) is 14.3. The summed E-state index contributed by atoms with van der Waals surface area (Å²) in [5.41, 5.74) is 3.45. The van der Waals surface area contributed by atoms with E-state index < -0.39 is 35.3 Å². The fraction of sp³-hybridized carbons (Fsp3) is 0.0385. The van der Waals surface area contributed by atoms with Gasteiger partial charge in [-0.15, -0.1) is 0 Å². The predicted molar refractivity (Wildman–Crippen MR) is 230 cm³/mol. The first-order valence-corrected chi connectivity index (χ1v) is 19.6. The smallest absolute Gasteiger partial charge is 0.308 e. The molecule has 0 saturated carbocycles. The van der Waals surface area contributed by atoms with E-state index in [0.717, 1.165) is 22.3 Å². The molecular weight excluding hydrogens is 799 g/mol. The van der Waals surface area contributed by atoms with E-state index in [1.165, 1.54) is 11.0 Å². The van der Waals surface area contributed by atoms with Gasteiger partial charge in [-0.1, -0.05) is 127 Å². The highest BCUT2D eigenvalue weighted by Crippen LogP contribution is 2.48. The molecule has 1 aliphatic rings. The summed E-state index contributed by atoms with van der Waals surface area (Å²) in [5.74, 6) is -1.16. The molecule has 302 valence electrons. The van der Waals surface area contributed by atoms with E-state index in [4.69, 9.17) is 0 Å². The number of benzene rings is 8. The standard InChI is InChI=1S/C52H30F6N2O2/c53-51(54,55)36-26-35(27-37(30-36)52(56,57)58)38-21-12-24-44-46(38)39-20-10-11-23-43(39)59(44)45-25-13-22-40-47(45)50(62)60(49(40)61)48-41(32-16-6-2-7-17-32)28-34(31-14-4-1-5-15-31)29-42(48)33-18-8-3-9-19-33/h1-30H. The van der Waals surface area contributed by atoms with Crippen molar-refractivity contribution in [1.82, 2.24) is 4.57 Å². The number of aromatic nitrogens is 1. The van der Waals surface area contributed by atoms with Gasteiger partial charge in [-0.25, -0.2) is 4.90 Å². The molecule has 9 aromatic rings. The van der Waals surface area contributed by atoms with Crippen molar-refractivity contribution >= 4 is 39.3 Å². The number of amides is 2. The number of fused-ring (bicyclic) bond motifs is 4. The number of imide groups is 1. The Bertz CT molecular complexity index is 3150. The Morgan fingerprint density at radius 2 is 0.887 bits per heavy atom. The van der Waals surface area contributed by atoms with Gasteiger partial charge in [0.05, 0.1) is 44.7 Å². The maximum Gasteiger partial charge on any atom is 0.416 e. The van der Waals surface area contributed by atoms with E-state index >= 15 is 4.79 Å². The number of carbonyl (C=O) groups is 2. The van der Waals surface area contributed by atoms with Crippen LogP contribution in [-0.2, 0) is 12.4 Å². The average Bonchev–Trinajstić information content (AvgIpc) is 3.76. The first-order chi connectivity index (χ1) is 29.9. The lowest BCUT2D eigenvalue weighted by molar-refractivity contribution is -0.143. The third-order valence-corrected chi connectivity index (χ3v) is 11.3. The molecule has 8 aromatic carbocycles. The monoisotopic (exact) mass is 828 g/mol. The van der Waals surface area contributed by atoms with Crippen molar-refractivity contribution in [3.63, 3.8) is 0 Å². The number of halogens is 6. The van der Waals surface area contributed by atoms with Gasteiger partial charge in [-0.2, -0.15) is 26.3 Å². The Kier molecular flexibility index (Phi) is 8.99. The molecule has 0 aliphatic carbocycles. The summed E-state index contributed by atoms with van der Waals surface area (Å²) in [6, 6.07) is 50.9. The van der Waals surface area contributed by atoms with Crippen molar-refractivity contribution in [2.45, 2.75) is 12.4 Å². The Hall–Kier alpha value is -7.72. The minimum absolute atomic E-state index is 0.0918. The van der Waals surface area contributed by atoms with Crippen LogP contribution in [0.4, 0.5) is 32.0 Å². The van der Waals surface area contributed by atoms with Crippen LogP contribution >= 0.6 is 0 Å². The van der Waals surface area contributed by atoms with Gasteiger partial charge in [-0.05, 0) is 88.0 Å². The zero-order chi connectivity index (χ0) is 42.9. The van der Waals surface area contributed by atoms with Crippen molar-refractivity contribution in [3.8, 4) is 50.2 Å². The molecule has 1 aliphatic heterocycles. The van der Waals surface area contributed by atoms with Gasteiger partial charge in [0.25, 0.3) is 11.8 Å². The van der Waals surface area contributed by atoms with E-state index in [0.29, 0.717) is 56.4 Å². The molecule has 62 heavy (non-hydrogen) atoms. The van der Waals surface area contributed by atoms with Crippen LogP contribution in [0.5, 0.6) is 0 Å². The lowest BCUT2D eigenvalue weighted by Gasteiger charge is -2.24. The van der Waals surface area contributed by atoms with Gasteiger partial charge in [0.1, 0.15) is 0 Å². The van der Waals surface area contributed by atoms with Crippen LogP contribution in [0.15, 0.2) is 182 Å². The first kappa shape index (κ1) is 38.5. The van der Waals surface area contributed by atoms with Crippen LogP contribution < -0.4 is 4.90 Å². The number of alkyl halides is 6. The molecule has 0 atom stereocenters. The van der Waals surface area contributed by atoms with Crippen LogP contribution in [0.2, 0.25) is 0 Å². The van der Waals surface area contributed by atoms with Gasteiger partial charge < -0.3 is 4.57 Å². The molecule has 10 rings (SSSR count). The summed E-state index contributed by atoms with van der Waals surface area (Å²) in [5, 5.41) is 0.889. The lowest BCUT2D eigenvalue weighted by Crippen LogP contribution is -2.30. The summed E-state index contributed by atoms with van der Waals surface area (Å²) >= 11 is 0. The molecule has 0 radical (unpaired) electrons. The molecule has 1 aromatic heterocycles. The number of carbonyl (C=O) groups excluding carboxylic acids is 2. The topological polar surface area (TPSA) is 42.3 Å². The van der Waals surface area contributed by atoms with Crippen LogP contribution in [0, 0.1) is 0 Å². The highest BCUT2D eigenvalue weighted by molar-refractivity contribution is 6.37. The summed E-state index contributed by atoms with van der Waals surface area (Å²) in [6.45, 7) is 0. The van der Waals surface area contributed by atoms with Crippen molar-refractivity contribution in [3.05, 3.63) is 204 Å². The zero-order valence-corrected chi connectivity index (χ0v) is 32.3. The van der Waals surface area contributed by atoms with Gasteiger partial charge in [0.15, 0.2) is 0 Å². The molecule has 4 nitrogen and oxygen atoms in total. The highest BCUT2D eigenvalue weighted by atomic mass is 19.4. The molecule has 10 heteroatoms. The fourth-order valence-corrected chi connectivity index (χ4v) is 8.64. The summed E-state index contributed by atoms with van der Waals surface area (Å²) in [6.07, 6.45) is -10.1. The molecule has 0 saturated heterocycles. The molecular formula is C52H30F6N2O2. The van der Waals surface area contributed by atoms with Gasteiger partial charge >= 0.3 is 12.4 Å². The molecule has 0 fully saturated rings. The lowest BCUT2D eigenvalue weighted by atomic mass is 9.90. The number of nitrogens with zero attached hydrogens (tertiary/aromatic N) is 2. The van der Waals surface area contributed by atoms with Crippen molar-refractivity contribution in [2.75, 3.05) is 4.90 Å². The second-order valence-electron chi connectivity index (χ2n) is 15.0. The minimum atomic E-state index is -5.05. The third-order valence-electron chi connectivity index (χ3n) is 11.3. The third kappa shape index (κ3) is 6.34. The van der Waals surface area contributed by atoms with Crippen molar-refractivity contribution in [1.29, 1.82) is 0 Å². The van der Waals surface area contributed by atoms with Crippen LogP contribution in [0.1, 0.15) is 31.8 Å². The number of hydrogen-bond donors (Lipinski definition) is 0. The van der Waals surface area contributed by atoms with E-state index in [1.54, 1.807) is 59.2 Å². The number of hydrogen-bond acceptors (Lipinski definition) is 2. The second kappa shape index (κ2) is 14.5. The van der Waals surface area contributed by atoms with E-state index in [9.17, 15) is 31.1 Å². The zero-order valence-electron chi connectivity index (χ0n) is 32.3. The molecule has 2 heterocycles. The SMILES string of the molecule is O=C1c2cccc(-n3c4ccccc4c4c(-c5cc(C(F)(F)F)cc(C(F)(F)F)c5)cccc43)c2C(=O)N1c1c(-c2ccccc2)cc(-c2ccccc2)cc1-c1ccccc1. The number of para-hydroxylation sites is 1. The summed E-state index contributed by atoms with van der Waals surface area (Å²) < 4.78 is 86.3. The van der Waals surface area contributed by atoms with Crippen molar-refractivity contribution < 1.29 is 35.9 Å². The number of rotatable bonds is 6. The fourth-order valence-electron chi connectivity index (χ4n) is 8.64. The molecule has 0 spiro atoms. The number of anilines is 1. The summed E-state index contributed by atoms with van der Waals surface area (Å²) in [4.78, 5) is 31.5. The minimum Gasteiger partial charge on any atom is -0.308 e. The Morgan fingerprint density at radius 1 is 0.387 bits per heavy atom. The molecule has 0 N–H and O–H groups in total. The molecule has 2 amide bonds. The Morgan fingerprint density at radius 3 is 1.47 bits per heavy atom. The maximum atomic E-state index is 15.3. The largest absolute Gasteiger partial charge is 0.416 e. The van der Waals surface area contributed by atoms with E-state index in [1.807, 2.05) is 103 Å². The summed E-state index contributed by atoms with van der Waals surface area (Å²) in [7, 11) is 0. The van der Waals surface area contributed by atoms with Gasteiger partial charge in [-0.3, -0.25) is 9.59 Å². The maximum absolute atomic E-state index is 15.3. The van der Waals surface area contributed by atoms with Crippen LogP contribution in [0.25, 0.3) is 72.0 Å². The molecule has 0 bridgehead atoms. The Balaban J connectivity index is 1.21. The van der Waals surface area contributed by atoms with E-state index in [-0.39, 0.29) is 28.3 Å². The average molecular weight is 829 g/mol. The van der Waals surface area contributed by atoms with Crippen molar-refractivity contribution in [2.24, 2.45) is 0 Å². The van der Waals surface area contributed by atoms with Crippen LogP contribution in [-0.4, -0.2) is 16.4 Å². The Labute approximate surface area is 350 Å². The van der Waals surface area contributed by atoms with Gasteiger partial charge in [0.2, 0.25) is 0 Å². The normalized spacial score (nSPS) is 13.0.